The second kappa shape index (κ2) is 12.0. The van der Waals surface area contributed by atoms with Crippen LogP contribution in [0.4, 0.5) is 0 Å². The maximum Gasteiger partial charge on any atom is 0.330 e. The van der Waals surface area contributed by atoms with Gasteiger partial charge in [0.25, 0.3) is 0 Å². The minimum Gasteiger partial charge on any atom is -0.494 e. The molecule has 0 saturated carbocycles. The lowest BCUT2D eigenvalue weighted by Crippen LogP contribution is -2.04. The van der Waals surface area contributed by atoms with Crippen LogP contribution in [0.5, 0.6) is 11.5 Å². The zero-order valence-electron chi connectivity index (χ0n) is 17.8. The summed E-state index contributed by atoms with van der Waals surface area (Å²) in [6.45, 7) is 4.70. The average Bonchev–Trinajstić information content (AvgIpc) is 2.85. The maximum atomic E-state index is 11.0. The van der Waals surface area contributed by atoms with Gasteiger partial charge >= 0.3 is 5.97 Å². The van der Waals surface area contributed by atoms with Crippen molar-refractivity contribution in [2.24, 2.45) is 0 Å². The molecule has 3 aromatic carbocycles. The number of para-hydroxylation sites is 1. The van der Waals surface area contributed by atoms with E-state index in [1.165, 1.54) is 0 Å². The fraction of sp³-hybridized carbons (Fsp3) is 0.185. The molecule has 3 aromatic rings. The van der Waals surface area contributed by atoms with E-state index in [1.807, 2.05) is 48.5 Å². The topological polar surface area (TPSA) is 68.6 Å². The van der Waals surface area contributed by atoms with Gasteiger partial charge in [0.05, 0.1) is 18.8 Å². The van der Waals surface area contributed by atoms with Crippen molar-refractivity contribution < 1.29 is 19.0 Å². The van der Waals surface area contributed by atoms with Crippen molar-refractivity contribution in [3.63, 3.8) is 0 Å². The molecule has 0 unspecified atom stereocenters. The standard InChI is InChI=1S/C27H25NO4/c1-2-27(29)31-18-6-5-17-30-25-15-13-23(14-16-25)22-11-9-21(10-12-22)20-32-26-8-4-3-7-24(26)19-28/h2-4,7-16H,1,5-6,17-18,20H2. The molecule has 0 atom stereocenters. The highest BCUT2D eigenvalue weighted by Crippen LogP contribution is 2.24. The highest BCUT2D eigenvalue weighted by molar-refractivity contribution is 5.81. The molecule has 0 saturated heterocycles. The third kappa shape index (κ3) is 6.75. The molecule has 0 heterocycles. The predicted octanol–water partition coefficient (Wildman–Crippen LogP) is 5.69. The minimum absolute atomic E-state index is 0.374. The van der Waals surface area contributed by atoms with Crippen LogP contribution in [0.15, 0.2) is 85.5 Å². The molecule has 162 valence electrons. The predicted molar refractivity (Wildman–Crippen MR) is 123 cm³/mol. The first-order valence-electron chi connectivity index (χ1n) is 10.4. The molecule has 0 spiro atoms. The van der Waals surface area contributed by atoms with E-state index in [9.17, 15) is 4.79 Å². The Hall–Kier alpha value is -4.04. The Morgan fingerprint density at radius 2 is 1.53 bits per heavy atom. The van der Waals surface area contributed by atoms with Crippen molar-refractivity contribution in [1.82, 2.24) is 0 Å². The number of nitriles is 1. The smallest absolute Gasteiger partial charge is 0.330 e. The van der Waals surface area contributed by atoms with Crippen molar-refractivity contribution in [1.29, 1.82) is 5.26 Å². The molecule has 0 amide bonds. The normalized spacial score (nSPS) is 10.1. The summed E-state index contributed by atoms with van der Waals surface area (Å²) >= 11 is 0. The van der Waals surface area contributed by atoms with Crippen LogP contribution >= 0.6 is 0 Å². The molecule has 0 aromatic heterocycles. The number of rotatable bonds is 11. The lowest BCUT2D eigenvalue weighted by Gasteiger charge is -2.09. The molecule has 32 heavy (non-hydrogen) atoms. The van der Waals surface area contributed by atoms with Crippen molar-refractivity contribution in [2.45, 2.75) is 19.4 Å². The first-order chi connectivity index (χ1) is 15.7. The fourth-order valence-electron chi connectivity index (χ4n) is 3.01. The summed E-state index contributed by atoms with van der Waals surface area (Å²) in [5.74, 6) is 0.997. The van der Waals surface area contributed by atoms with E-state index >= 15 is 0 Å². The summed E-state index contributed by atoms with van der Waals surface area (Å²) in [5.41, 5.74) is 3.75. The highest BCUT2D eigenvalue weighted by Gasteiger charge is 2.04. The molecule has 0 bridgehead atoms. The zero-order chi connectivity index (χ0) is 22.6. The van der Waals surface area contributed by atoms with Crippen LogP contribution in [0.3, 0.4) is 0 Å². The fourth-order valence-corrected chi connectivity index (χ4v) is 3.01. The number of carbonyl (C=O) groups excluding carboxylic acids is 1. The summed E-state index contributed by atoms with van der Waals surface area (Å²) in [6, 6.07) is 25.4. The quantitative estimate of drug-likeness (QED) is 0.223. The Bertz CT molecular complexity index is 1070. The van der Waals surface area contributed by atoms with Crippen LogP contribution in [0, 0.1) is 11.3 Å². The Labute approximate surface area is 188 Å². The van der Waals surface area contributed by atoms with Crippen molar-refractivity contribution in [3.05, 3.63) is 96.6 Å². The zero-order valence-corrected chi connectivity index (χ0v) is 17.8. The average molecular weight is 428 g/mol. The molecule has 0 N–H and O–H groups in total. The minimum atomic E-state index is -0.397. The van der Waals surface area contributed by atoms with E-state index in [0.29, 0.717) is 31.1 Å². The second-order valence-electron chi connectivity index (χ2n) is 7.05. The molecule has 0 aliphatic heterocycles. The van der Waals surface area contributed by atoms with Gasteiger partial charge in [-0.15, -0.1) is 0 Å². The largest absolute Gasteiger partial charge is 0.494 e. The Morgan fingerprint density at radius 1 is 0.875 bits per heavy atom. The number of unbranched alkanes of at least 4 members (excludes halogenated alkanes) is 1. The van der Waals surface area contributed by atoms with Crippen LogP contribution in [0.25, 0.3) is 11.1 Å². The number of ether oxygens (including phenoxy) is 3. The Morgan fingerprint density at radius 3 is 2.22 bits per heavy atom. The summed E-state index contributed by atoms with van der Waals surface area (Å²) in [5, 5.41) is 9.15. The molecule has 0 aliphatic carbocycles. The molecule has 0 fully saturated rings. The molecule has 5 nitrogen and oxygen atoms in total. The van der Waals surface area contributed by atoms with Gasteiger partial charge in [-0.25, -0.2) is 4.79 Å². The van der Waals surface area contributed by atoms with Gasteiger partial charge in [0.15, 0.2) is 0 Å². The van der Waals surface area contributed by atoms with Crippen LogP contribution in [-0.2, 0) is 16.1 Å². The highest BCUT2D eigenvalue weighted by atomic mass is 16.5. The maximum absolute atomic E-state index is 11.0. The molecule has 3 rings (SSSR count). The van der Waals surface area contributed by atoms with Gasteiger partial charge < -0.3 is 14.2 Å². The summed E-state index contributed by atoms with van der Waals surface area (Å²) < 4.78 is 16.5. The molecule has 0 radical (unpaired) electrons. The van der Waals surface area contributed by atoms with Gasteiger partial charge in [0, 0.05) is 6.08 Å². The van der Waals surface area contributed by atoms with Gasteiger partial charge in [-0.3, -0.25) is 0 Å². The third-order valence-corrected chi connectivity index (χ3v) is 4.76. The summed E-state index contributed by atoms with van der Waals surface area (Å²) in [4.78, 5) is 11.0. The van der Waals surface area contributed by atoms with Crippen molar-refractivity contribution in [3.8, 4) is 28.7 Å². The van der Waals surface area contributed by atoms with Crippen LogP contribution in [0.2, 0.25) is 0 Å². The second-order valence-corrected chi connectivity index (χ2v) is 7.05. The molecule has 5 heteroatoms. The summed E-state index contributed by atoms with van der Waals surface area (Å²) in [6.07, 6.45) is 2.71. The number of esters is 1. The van der Waals surface area contributed by atoms with Gasteiger partial charge in [0.1, 0.15) is 24.2 Å². The third-order valence-electron chi connectivity index (χ3n) is 4.76. The Kier molecular flexibility index (Phi) is 8.47. The van der Waals surface area contributed by atoms with Crippen molar-refractivity contribution in [2.75, 3.05) is 13.2 Å². The first kappa shape index (κ1) is 22.6. The summed E-state index contributed by atoms with van der Waals surface area (Å²) in [7, 11) is 0. The lowest BCUT2D eigenvalue weighted by molar-refractivity contribution is -0.137. The molecular formula is C27H25NO4. The van der Waals surface area contributed by atoms with Crippen LogP contribution in [0.1, 0.15) is 24.0 Å². The van der Waals surface area contributed by atoms with Gasteiger partial charge in [-0.1, -0.05) is 55.1 Å². The number of benzene rings is 3. The first-order valence-corrected chi connectivity index (χ1v) is 10.4. The SMILES string of the molecule is C=CC(=O)OCCCCOc1ccc(-c2ccc(COc3ccccc3C#N)cc2)cc1. The van der Waals surface area contributed by atoms with E-state index < -0.39 is 5.97 Å². The van der Waals surface area contributed by atoms with E-state index in [2.05, 4.69) is 24.8 Å². The van der Waals surface area contributed by atoms with Gasteiger partial charge in [0.2, 0.25) is 0 Å². The van der Waals surface area contributed by atoms with Crippen LogP contribution in [-0.4, -0.2) is 19.2 Å². The van der Waals surface area contributed by atoms with Crippen molar-refractivity contribution >= 4 is 5.97 Å². The van der Waals surface area contributed by atoms with E-state index in [1.54, 1.807) is 12.1 Å². The molecule has 0 aliphatic rings. The van der Waals surface area contributed by atoms with E-state index in [0.717, 1.165) is 41.4 Å². The van der Waals surface area contributed by atoms with E-state index in [4.69, 9.17) is 19.5 Å². The lowest BCUT2D eigenvalue weighted by atomic mass is 10.0. The number of hydrogen-bond donors (Lipinski definition) is 0. The monoisotopic (exact) mass is 427 g/mol. The van der Waals surface area contributed by atoms with Gasteiger partial charge in [-0.05, 0) is 53.8 Å². The molecular weight excluding hydrogens is 402 g/mol. The Balaban J connectivity index is 1.46. The van der Waals surface area contributed by atoms with Gasteiger partial charge in [-0.2, -0.15) is 5.26 Å². The number of nitrogens with zero attached hydrogens (tertiary/aromatic N) is 1. The van der Waals surface area contributed by atoms with E-state index in [-0.39, 0.29) is 0 Å². The number of carbonyl (C=O) groups is 1. The number of hydrogen-bond acceptors (Lipinski definition) is 5. The van der Waals surface area contributed by atoms with Crippen LogP contribution < -0.4 is 9.47 Å².